The summed E-state index contributed by atoms with van der Waals surface area (Å²) in [5, 5.41) is 7.41. The summed E-state index contributed by atoms with van der Waals surface area (Å²) in [6.45, 7) is 3.83. The summed E-state index contributed by atoms with van der Waals surface area (Å²) >= 11 is 1.65. The van der Waals surface area contributed by atoms with Gasteiger partial charge >= 0.3 is 0 Å². The number of nitrogens with zero attached hydrogens (tertiary/aromatic N) is 2. The molecule has 0 radical (unpaired) electrons. The predicted molar refractivity (Wildman–Crippen MR) is 72.9 cm³/mol. The minimum atomic E-state index is -0.174. The van der Waals surface area contributed by atoms with Crippen LogP contribution in [0.3, 0.4) is 0 Å². The molecule has 2 heterocycles. The predicted octanol–water partition coefficient (Wildman–Crippen LogP) is 2.66. The lowest BCUT2D eigenvalue weighted by molar-refractivity contribution is 0.949. The Morgan fingerprint density at radius 3 is 2.89 bits per heavy atom. The topological polar surface area (TPSA) is 58.6 Å². The maximum absolute atomic E-state index is 11.8. The van der Waals surface area contributed by atoms with E-state index in [-0.39, 0.29) is 5.56 Å². The lowest BCUT2D eigenvalue weighted by Gasteiger charge is -2.01. The van der Waals surface area contributed by atoms with Crippen molar-refractivity contribution in [3.05, 3.63) is 45.3 Å². The summed E-state index contributed by atoms with van der Waals surface area (Å²) in [6, 6.07) is 7.69. The smallest absolute Gasteiger partial charge is 0.267 e. The van der Waals surface area contributed by atoms with Crippen LogP contribution in [0.1, 0.15) is 10.7 Å². The van der Waals surface area contributed by atoms with E-state index in [0.717, 1.165) is 26.5 Å². The maximum Gasteiger partial charge on any atom is 0.272 e. The van der Waals surface area contributed by atoms with E-state index in [2.05, 4.69) is 15.2 Å². The summed E-state index contributed by atoms with van der Waals surface area (Å²) in [7, 11) is 0. The first kappa shape index (κ1) is 11.1. The monoisotopic (exact) mass is 257 g/mol. The molecule has 0 spiro atoms. The van der Waals surface area contributed by atoms with Crippen molar-refractivity contribution in [1.82, 2.24) is 15.2 Å². The molecule has 0 aliphatic rings. The van der Waals surface area contributed by atoms with E-state index < -0.39 is 0 Å². The van der Waals surface area contributed by atoms with Crippen LogP contribution < -0.4 is 5.56 Å². The SMILES string of the molecule is Cc1cc(-c2ccc3sc(C)nc3c2)c(=O)[nH]n1. The number of rotatable bonds is 1. The Morgan fingerprint density at radius 1 is 1.22 bits per heavy atom. The van der Waals surface area contributed by atoms with E-state index in [1.165, 1.54) is 0 Å². The summed E-state index contributed by atoms with van der Waals surface area (Å²) in [6.07, 6.45) is 0. The van der Waals surface area contributed by atoms with Gasteiger partial charge in [0.05, 0.1) is 26.5 Å². The van der Waals surface area contributed by atoms with E-state index in [4.69, 9.17) is 0 Å². The molecule has 18 heavy (non-hydrogen) atoms. The molecule has 0 fully saturated rings. The van der Waals surface area contributed by atoms with Gasteiger partial charge in [-0.1, -0.05) is 6.07 Å². The van der Waals surface area contributed by atoms with Crippen LogP contribution in [0, 0.1) is 13.8 Å². The number of aromatic nitrogens is 3. The molecular formula is C13H11N3OS. The van der Waals surface area contributed by atoms with Gasteiger partial charge in [0.25, 0.3) is 5.56 Å². The van der Waals surface area contributed by atoms with Crippen molar-refractivity contribution in [2.45, 2.75) is 13.8 Å². The summed E-state index contributed by atoms with van der Waals surface area (Å²) in [5.74, 6) is 0. The van der Waals surface area contributed by atoms with Crippen molar-refractivity contribution in [2.24, 2.45) is 0 Å². The first-order valence-electron chi connectivity index (χ1n) is 5.57. The molecule has 0 bridgehead atoms. The van der Waals surface area contributed by atoms with Gasteiger partial charge in [-0.05, 0) is 37.6 Å². The van der Waals surface area contributed by atoms with Crippen LogP contribution in [0.2, 0.25) is 0 Å². The molecule has 0 aliphatic carbocycles. The van der Waals surface area contributed by atoms with Crippen LogP contribution in [0.15, 0.2) is 29.1 Å². The zero-order valence-corrected chi connectivity index (χ0v) is 10.8. The van der Waals surface area contributed by atoms with Gasteiger partial charge in [0.1, 0.15) is 0 Å². The Bertz CT molecular complexity index is 788. The number of benzene rings is 1. The molecule has 90 valence electrons. The highest BCUT2D eigenvalue weighted by Gasteiger charge is 2.07. The Hall–Kier alpha value is -2.01. The highest BCUT2D eigenvalue weighted by molar-refractivity contribution is 7.18. The molecule has 2 aromatic heterocycles. The van der Waals surface area contributed by atoms with Crippen LogP contribution >= 0.6 is 11.3 Å². The average molecular weight is 257 g/mol. The normalized spacial score (nSPS) is 11.0. The van der Waals surface area contributed by atoms with Gasteiger partial charge in [-0.2, -0.15) is 5.10 Å². The first-order valence-corrected chi connectivity index (χ1v) is 6.39. The maximum atomic E-state index is 11.8. The molecule has 0 aliphatic heterocycles. The second-order valence-corrected chi connectivity index (χ2v) is 5.40. The van der Waals surface area contributed by atoms with Gasteiger partial charge in [0, 0.05) is 0 Å². The summed E-state index contributed by atoms with van der Waals surface area (Å²) < 4.78 is 1.14. The van der Waals surface area contributed by atoms with E-state index in [1.807, 2.05) is 32.0 Å². The standard InChI is InChI=1S/C13H11N3OS/c1-7-5-10(13(17)16-15-7)9-3-4-12-11(6-9)14-8(2)18-12/h3-6H,1-2H3,(H,16,17). The molecule has 0 unspecified atom stereocenters. The fraction of sp³-hybridized carbons (Fsp3) is 0.154. The molecule has 0 amide bonds. The number of thiazole rings is 1. The molecule has 3 rings (SSSR count). The molecule has 1 aromatic carbocycles. The van der Waals surface area contributed by atoms with Gasteiger partial charge in [-0.3, -0.25) is 4.79 Å². The molecule has 1 N–H and O–H groups in total. The van der Waals surface area contributed by atoms with Gasteiger partial charge < -0.3 is 0 Å². The molecule has 3 aromatic rings. The summed E-state index contributed by atoms with van der Waals surface area (Å²) in [4.78, 5) is 16.2. The molecule has 5 heteroatoms. The van der Waals surface area contributed by atoms with Crippen molar-refractivity contribution in [3.63, 3.8) is 0 Å². The van der Waals surface area contributed by atoms with Crippen LogP contribution in [-0.4, -0.2) is 15.2 Å². The molecule has 0 atom stereocenters. The van der Waals surface area contributed by atoms with E-state index in [9.17, 15) is 4.79 Å². The number of hydrogen-bond acceptors (Lipinski definition) is 4. The number of fused-ring (bicyclic) bond motifs is 1. The second-order valence-electron chi connectivity index (χ2n) is 4.17. The van der Waals surface area contributed by atoms with Gasteiger partial charge in [-0.25, -0.2) is 10.1 Å². The van der Waals surface area contributed by atoms with Crippen LogP contribution in [-0.2, 0) is 0 Å². The number of aromatic amines is 1. The minimum Gasteiger partial charge on any atom is -0.267 e. The highest BCUT2D eigenvalue weighted by Crippen LogP contribution is 2.26. The summed E-state index contributed by atoms with van der Waals surface area (Å²) in [5.41, 5.74) is 3.06. The largest absolute Gasteiger partial charge is 0.272 e. The molecule has 4 nitrogen and oxygen atoms in total. The third-order valence-corrected chi connectivity index (χ3v) is 3.69. The van der Waals surface area contributed by atoms with Crippen molar-refractivity contribution in [2.75, 3.05) is 0 Å². The minimum absolute atomic E-state index is 0.174. The Morgan fingerprint density at radius 2 is 2.06 bits per heavy atom. The lowest BCUT2D eigenvalue weighted by atomic mass is 10.1. The van der Waals surface area contributed by atoms with Crippen LogP contribution in [0.5, 0.6) is 0 Å². The third-order valence-electron chi connectivity index (χ3n) is 2.74. The van der Waals surface area contributed by atoms with Crippen molar-refractivity contribution >= 4 is 21.6 Å². The van der Waals surface area contributed by atoms with E-state index in [0.29, 0.717) is 5.56 Å². The first-order chi connectivity index (χ1) is 8.63. The van der Waals surface area contributed by atoms with Crippen molar-refractivity contribution < 1.29 is 0 Å². The number of aryl methyl sites for hydroxylation is 2. The van der Waals surface area contributed by atoms with Crippen molar-refractivity contribution in [3.8, 4) is 11.1 Å². The van der Waals surface area contributed by atoms with Gasteiger partial charge in [0.15, 0.2) is 0 Å². The van der Waals surface area contributed by atoms with E-state index in [1.54, 1.807) is 17.4 Å². The molecular weight excluding hydrogens is 246 g/mol. The zero-order chi connectivity index (χ0) is 12.7. The second kappa shape index (κ2) is 4.03. The van der Waals surface area contributed by atoms with Crippen molar-refractivity contribution in [1.29, 1.82) is 0 Å². The van der Waals surface area contributed by atoms with Gasteiger partial charge in [-0.15, -0.1) is 11.3 Å². The fourth-order valence-electron chi connectivity index (χ4n) is 1.93. The molecule has 0 saturated carbocycles. The lowest BCUT2D eigenvalue weighted by Crippen LogP contribution is -2.11. The quantitative estimate of drug-likeness (QED) is 0.729. The van der Waals surface area contributed by atoms with Gasteiger partial charge in [0.2, 0.25) is 0 Å². The van der Waals surface area contributed by atoms with E-state index >= 15 is 0 Å². The number of H-pyrrole nitrogens is 1. The number of hydrogen-bond donors (Lipinski definition) is 1. The highest BCUT2D eigenvalue weighted by atomic mass is 32.1. The third kappa shape index (κ3) is 1.82. The van der Waals surface area contributed by atoms with Crippen LogP contribution in [0.25, 0.3) is 21.3 Å². The number of nitrogens with one attached hydrogen (secondary N) is 1. The zero-order valence-electron chi connectivity index (χ0n) is 10.0. The van der Waals surface area contributed by atoms with Crippen LogP contribution in [0.4, 0.5) is 0 Å². The Labute approximate surface area is 107 Å². The Kier molecular flexibility index (Phi) is 2.48. The molecule has 0 saturated heterocycles. The average Bonchev–Trinajstić information content (AvgIpc) is 2.71. The fourth-order valence-corrected chi connectivity index (χ4v) is 2.74. The Balaban J connectivity index is 2.24.